The summed E-state index contributed by atoms with van der Waals surface area (Å²) in [5.74, 6) is -0.0426. The van der Waals surface area contributed by atoms with Crippen molar-refractivity contribution in [2.24, 2.45) is 0 Å². The third-order valence-electron chi connectivity index (χ3n) is 3.88. The van der Waals surface area contributed by atoms with Gasteiger partial charge in [-0.25, -0.2) is 0 Å². The number of nitrogens with zero attached hydrogens (tertiary/aromatic N) is 3. The van der Waals surface area contributed by atoms with E-state index >= 15 is 0 Å². The van der Waals surface area contributed by atoms with Crippen molar-refractivity contribution in [3.63, 3.8) is 0 Å². The third-order valence-corrected chi connectivity index (χ3v) is 3.88. The van der Waals surface area contributed by atoms with E-state index in [-0.39, 0.29) is 12.0 Å². The number of morpholine rings is 1. The highest BCUT2D eigenvalue weighted by molar-refractivity contribution is 5.94. The fourth-order valence-electron chi connectivity index (χ4n) is 2.59. The Kier molecular flexibility index (Phi) is 5.76. The van der Waals surface area contributed by atoms with Gasteiger partial charge in [-0.1, -0.05) is 6.92 Å². The molecule has 1 aliphatic heterocycles. The molecular weight excluding hydrogens is 268 g/mol. The first kappa shape index (κ1) is 16.0. The fourth-order valence-corrected chi connectivity index (χ4v) is 2.59. The molecule has 1 aromatic rings. The van der Waals surface area contributed by atoms with Crippen molar-refractivity contribution in [2.45, 2.75) is 39.3 Å². The first-order valence-corrected chi connectivity index (χ1v) is 7.72. The smallest absolute Gasteiger partial charge is 0.254 e. The van der Waals surface area contributed by atoms with Crippen LogP contribution in [-0.4, -0.2) is 60.0 Å². The minimum Gasteiger partial charge on any atom is -0.375 e. The van der Waals surface area contributed by atoms with Crippen molar-refractivity contribution < 1.29 is 9.53 Å². The molecule has 2 heterocycles. The molecule has 0 aliphatic carbocycles. The molecule has 21 heavy (non-hydrogen) atoms. The van der Waals surface area contributed by atoms with E-state index in [1.165, 1.54) is 0 Å². The largest absolute Gasteiger partial charge is 0.375 e. The summed E-state index contributed by atoms with van der Waals surface area (Å²) >= 11 is 0. The normalized spacial score (nSPS) is 19.7. The molecule has 0 bridgehead atoms. The average molecular weight is 294 g/mol. The topological polar surface area (TPSA) is 59.4 Å². The summed E-state index contributed by atoms with van der Waals surface area (Å²) in [5.41, 5.74) is 1.60. The lowest BCUT2D eigenvalue weighted by atomic mass is 10.2. The Morgan fingerprint density at radius 1 is 1.57 bits per heavy atom. The highest BCUT2D eigenvalue weighted by atomic mass is 16.5. The molecule has 6 heteroatoms. The molecule has 1 atom stereocenters. The molecule has 1 N–H and O–H groups in total. The molecule has 6 nitrogen and oxygen atoms in total. The summed E-state index contributed by atoms with van der Waals surface area (Å²) in [6.45, 7) is 8.22. The van der Waals surface area contributed by atoms with Crippen LogP contribution in [0.5, 0.6) is 0 Å². The lowest BCUT2D eigenvalue weighted by molar-refractivity contribution is -0.0226. The van der Waals surface area contributed by atoms with Gasteiger partial charge in [-0.2, -0.15) is 5.10 Å². The van der Waals surface area contributed by atoms with E-state index in [0.717, 1.165) is 44.8 Å². The van der Waals surface area contributed by atoms with Crippen LogP contribution in [0, 0.1) is 6.92 Å². The molecule has 0 unspecified atom stereocenters. The number of amides is 1. The van der Waals surface area contributed by atoms with E-state index in [9.17, 15) is 4.79 Å². The van der Waals surface area contributed by atoms with Gasteiger partial charge in [-0.05, 0) is 26.8 Å². The standard InChI is InChI=1S/C15H26N4O2/c1-4-7-19-12(2)14(10-17-19)15(20)16-6-5-13-11-18(3)8-9-21-13/h10,13H,4-9,11H2,1-3H3,(H,16,20)/t13-/m1/s1. The molecule has 2 rings (SSSR count). The van der Waals surface area contributed by atoms with Crippen LogP contribution in [0.15, 0.2) is 6.20 Å². The zero-order valence-electron chi connectivity index (χ0n) is 13.3. The molecule has 118 valence electrons. The molecular formula is C15H26N4O2. The Labute approximate surface area is 126 Å². The van der Waals surface area contributed by atoms with Gasteiger partial charge < -0.3 is 15.0 Å². The van der Waals surface area contributed by atoms with E-state index < -0.39 is 0 Å². The summed E-state index contributed by atoms with van der Waals surface area (Å²) in [6, 6.07) is 0. The predicted molar refractivity (Wildman–Crippen MR) is 81.4 cm³/mol. The number of hydrogen-bond donors (Lipinski definition) is 1. The summed E-state index contributed by atoms with van der Waals surface area (Å²) in [7, 11) is 2.10. The van der Waals surface area contributed by atoms with E-state index in [4.69, 9.17) is 4.74 Å². The van der Waals surface area contributed by atoms with Crippen LogP contribution in [0.2, 0.25) is 0 Å². The highest BCUT2D eigenvalue weighted by Crippen LogP contribution is 2.09. The van der Waals surface area contributed by atoms with E-state index in [1.807, 2.05) is 11.6 Å². The van der Waals surface area contributed by atoms with Crippen molar-refractivity contribution in [3.05, 3.63) is 17.5 Å². The number of ether oxygens (including phenoxy) is 1. The fraction of sp³-hybridized carbons (Fsp3) is 0.733. The van der Waals surface area contributed by atoms with Crippen molar-refractivity contribution >= 4 is 5.91 Å². The van der Waals surface area contributed by atoms with Crippen molar-refractivity contribution in [2.75, 3.05) is 33.3 Å². The average Bonchev–Trinajstić information content (AvgIpc) is 2.81. The molecule has 0 spiro atoms. The summed E-state index contributed by atoms with van der Waals surface area (Å²) in [5, 5.41) is 7.23. The Hall–Kier alpha value is -1.40. The van der Waals surface area contributed by atoms with Gasteiger partial charge in [0.25, 0.3) is 5.91 Å². The second-order valence-corrected chi connectivity index (χ2v) is 5.67. The van der Waals surface area contributed by atoms with Crippen LogP contribution in [-0.2, 0) is 11.3 Å². The van der Waals surface area contributed by atoms with Crippen molar-refractivity contribution in [1.29, 1.82) is 0 Å². The number of hydrogen-bond acceptors (Lipinski definition) is 4. The molecule has 1 saturated heterocycles. The van der Waals surface area contributed by atoms with Crippen LogP contribution in [0.3, 0.4) is 0 Å². The minimum absolute atomic E-state index is 0.0426. The second kappa shape index (κ2) is 7.56. The number of aromatic nitrogens is 2. The number of likely N-dealkylation sites (N-methyl/N-ethyl adjacent to an activating group) is 1. The first-order chi connectivity index (χ1) is 10.1. The monoisotopic (exact) mass is 294 g/mol. The zero-order chi connectivity index (χ0) is 15.2. The van der Waals surface area contributed by atoms with Gasteiger partial charge in [-0.3, -0.25) is 9.48 Å². The molecule has 1 aromatic heterocycles. The number of carbonyl (C=O) groups is 1. The van der Waals surface area contributed by atoms with Gasteiger partial charge in [0.2, 0.25) is 0 Å². The maximum atomic E-state index is 12.2. The van der Waals surface area contributed by atoms with Crippen LogP contribution >= 0.6 is 0 Å². The van der Waals surface area contributed by atoms with Crippen LogP contribution < -0.4 is 5.32 Å². The third kappa shape index (κ3) is 4.28. The Morgan fingerprint density at radius 2 is 2.38 bits per heavy atom. The van der Waals surface area contributed by atoms with Gasteiger partial charge in [0.15, 0.2) is 0 Å². The Bertz CT molecular complexity index is 472. The zero-order valence-corrected chi connectivity index (χ0v) is 13.3. The molecule has 1 amide bonds. The van der Waals surface area contributed by atoms with Gasteiger partial charge in [0.05, 0.1) is 24.5 Å². The van der Waals surface area contributed by atoms with E-state index in [1.54, 1.807) is 6.20 Å². The predicted octanol–water partition coefficient (Wildman–Crippen LogP) is 1.05. The number of aryl methyl sites for hydroxylation is 1. The quantitative estimate of drug-likeness (QED) is 0.852. The summed E-state index contributed by atoms with van der Waals surface area (Å²) in [6.07, 6.45) is 3.73. The van der Waals surface area contributed by atoms with Crippen molar-refractivity contribution in [1.82, 2.24) is 20.0 Å². The minimum atomic E-state index is -0.0426. The van der Waals surface area contributed by atoms with E-state index in [0.29, 0.717) is 12.1 Å². The first-order valence-electron chi connectivity index (χ1n) is 7.72. The van der Waals surface area contributed by atoms with Gasteiger partial charge in [0, 0.05) is 31.9 Å². The lowest BCUT2D eigenvalue weighted by Gasteiger charge is -2.30. The van der Waals surface area contributed by atoms with Crippen LogP contribution in [0.1, 0.15) is 35.8 Å². The molecule has 1 fully saturated rings. The summed E-state index contributed by atoms with van der Waals surface area (Å²) in [4.78, 5) is 14.4. The Morgan fingerprint density at radius 3 is 3.10 bits per heavy atom. The SMILES string of the molecule is CCCn1ncc(C(=O)NCC[C@@H]2CN(C)CCO2)c1C. The van der Waals surface area contributed by atoms with Crippen LogP contribution in [0.25, 0.3) is 0 Å². The van der Waals surface area contributed by atoms with Gasteiger partial charge >= 0.3 is 0 Å². The molecule has 0 radical (unpaired) electrons. The lowest BCUT2D eigenvalue weighted by Crippen LogP contribution is -2.41. The molecule has 1 aliphatic rings. The van der Waals surface area contributed by atoms with Gasteiger partial charge in [-0.15, -0.1) is 0 Å². The highest BCUT2D eigenvalue weighted by Gasteiger charge is 2.18. The number of nitrogens with one attached hydrogen (secondary N) is 1. The summed E-state index contributed by atoms with van der Waals surface area (Å²) < 4.78 is 7.57. The van der Waals surface area contributed by atoms with Gasteiger partial charge in [0.1, 0.15) is 0 Å². The number of carbonyl (C=O) groups excluding carboxylic acids is 1. The van der Waals surface area contributed by atoms with Crippen molar-refractivity contribution in [3.8, 4) is 0 Å². The maximum Gasteiger partial charge on any atom is 0.254 e. The Balaban J connectivity index is 1.79. The second-order valence-electron chi connectivity index (χ2n) is 5.67. The molecule has 0 aromatic carbocycles. The van der Waals surface area contributed by atoms with E-state index in [2.05, 4.69) is 29.3 Å². The number of rotatable bonds is 6. The van der Waals surface area contributed by atoms with Crippen LogP contribution in [0.4, 0.5) is 0 Å². The maximum absolute atomic E-state index is 12.2. The molecule has 0 saturated carbocycles.